The summed E-state index contributed by atoms with van der Waals surface area (Å²) in [5, 5.41) is 51.6. The van der Waals surface area contributed by atoms with Gasteiger partial charge in [-0.3, -0.25) is 0 Å². The van der Waals surface area contributed by atoms with Gasteiger partial charge in [-0.1, -0.05) is 109 Å². The lowest BCUT2D eigenvalue weighted by Crippen LogP contribution is -2.06. The summed E-state index contributed by atoms with van der Waals surface area (Å²) in [5.74, 6) is 6.83. The molecule has 0 saturated carbocycles. The van der Waals surface area contributed by atoms with E-state index < -0.39 is 0 Å². The summed E-state index contributed by atoms with van der Waals surface area (Å²) in [6, 6.07) is 89.3. The molecule has 8 heterocycles. The van der Waals surface area contributed by atoms with Gasteiger partial charge in [-0.25, -0.2) is 59.8 Å². The quantitative estimate of drug-likeness (QED) is 0.110. The fourth-order valence-corrected chi connectivity index (χ4v) is 17.0. The minimum atomic E-state index is 0.309. The molecule has 0 atom stereocenters. The molecule has 546 valence electrons. The number of para-hydroxylation sites is 3. The van der Waals surface area contributed by atoms with E-state index in [1.165, 1.54) is 0 Å². The van der Waals surface area contributed by atoms with E-state index in [9.17, 15) is 21.0 Å². The van der Waals surface area contributed by atoms with Gasteiger partial charge < -0.3 is 18.3 Å². The number of hydrogen-bond donors (Lipinski definition) is 0. The lowest BCUT2D eigenvalue weighted by atomic mass is 9.96. The third-order valence-electron chi connectivity index (χ3n) is 21.6. The molecule has 8 aromatic heterocycles. The van der Waals surface area contributed by atoms with Crippen LogP contribution in [-0.4, -0.2) is 78.1 Å². The van der Waals surface area contributed by atoms with E-state index in [0.717, 1.165) is 149 Å². The van der Waals surface area contributed by atoms with Crippen LogP contribution in [0.2, 0.25) is 0 Å². The van der Waals surface area contributed by atoms with Crippen LogP contribution in [0.5, 0.6) is 0 Å². The molecule has 0 spiro atoms. The van der Waals surface area contributed by atoms with Crippen LogP contribution in [0.1, 0.15) is 74.4 Å². The van der Waals surface area contributed by atoms with Crippen LogP contribution in [0.25, 0.3) is 178 Å². The summed E-state index contributed by atoms with van der Waals surface area (Å²) < 4.78 is 8.89. The minimum Gasteiger partial charge on any atom is -0.308 e. The third-order valence-corrected chi connectivity index (χ3v) is 21.6. The maximum atomic E-state index is 11.3. The van der Waals surface area contributed by atoms with Gasteiger partial charge in [0.25, 0.3) is 0 Å². The van der Waals surface area contributed by atoms with Gasteiger partial charge in [0.15, 0.2) is 23.3 Å². The van der Waals surface area contributed by atoms with Gasteiger partial charge in [0.1, 0.15) is 46.6 Å². The first-order valence-electron chi connectivity index (χ1n) is 37.8. The van der Waals surface area contributed by atoms with Crippen LogP contribution >= 0.6 is 0 Å². The molecular weight excluding hydrogens is 1430 g/mol. The molecule has 20 nitrogen and oxygen atoms in total. The maximum absolute atomic E-state index is 11.3. The topological polar surface area (TPSA) is 270 Å². The van der Waals surface area contributed by atoms with Crippen molar-refractivity contribution < 1.29 is 0 Å². The lowest BCUT2D eigenvalue weighted by molar-refractivity contribution is 0.887. The number of nitrogens with zero attached hydrogens (tertiary/aromatic N) is 20. The molecule has 20 rings (SSSR count). The number of aryl methyl sites for hydroxylation is 7. The van der Waals surface area contributed by atoms with Gasteiger partial charge in [0.2, 0.25) is 0 Å². The molecule has 116 heavy (non-hydrogen) atoms. The number of hydrogen-bond acceptors (Lipinski definition) is 16. The summed E-state index contributed by atoms with van der Waals surface area (Å²) in [6.45, 7) is 13.1. The largest absolute Gasteiger partial charge is 0.308 e. The molecule has 0 unspecified atom stereocenters. The highest BCUT2D eigenvalue weighted by Crippen LogP contribution is 2.48. The number of aromatic nitrogens is 16. The second kappa shape index (κ2) is 27.1. The Hall–Kier alpha value is -16.2. The Labute approximate surface area is 663 Å². The van der Waals surface area contributed by atoms with Crippen LogP contribution in [0, 0.1) is 93.8 Å². The van der Waals surface area contributed by atoms with Crippen molar-refractivity contribution in [1.29, 1.82) is 21.0 Å². The monoisotopic (exact) mass is 1490 g/mol. The molecule has 20 aromatic rings. The first-order valence-corrected chi connectivity index (χ1v) is 37.8. The predicted octanol–water partition coefficient (Wildman–Crippen LogP) is 20.1. The molecule has 0 aliphatic heterocycles. The molecule has 0 fully saturated rings. The predicted molar refractivity (Wildman–Crippen MR) is 451 cm³/mol. The summed E-state index contributed by atoms with van der Waals surface area (Å²) >= 11 is 0. The summed E-state index contributed by atoms with van der Waals surface area (Å²) in [6.07, 6.45) is 0.309. The second-order valence-corrected chi connectivity index (χ2v) is 29.1. The van der Waals surface area contributed by atoms with Gasteiger partial charge in [0.05, 0.1) is 113 Å². The second-order valence-electron chi connectivity index (χ2n) is 29.1. The van der Waals surface area contributed by atoms with Crippen molar-refractivity contribution >= 4 is 87.2 Å². The Balaban J connectivity index is 0.761. The van der Waals surface area contributed by atoms with E-state index in [4.69, 9.17) is 44.9 Å². The van der Waals surface area contributed by atoms with Crippen molar-refractivity contribution in [2.75, 3.05) is 0 Å². The van der Waals surface area contributed by atoms with E-state index in [0.29, 0.717) is 110 Å². The van der Waals surface area contributed by atoms with Gasteiger partial charge >= 0.3 is 0 Å². The normalized spacial score (nSPS) is 11.6. The Morgan fingerprint density at radius 1 is 0.233 bits per heavy atom. The fourth-order valence-electron chi connectivity index (χ4n) is 17.0. The molecule has 12 aromatic carbocycles. The summed E-state index contributed by atoms with van der Waals surface area (Å²) in [5.41, 5.74) is 18.8. The van der Waals surface area contributed by atoms with E-state index >= 15 is 0 Å². The van der Waals surface area contributed by atoms with E-state index in [-0.39, 0.29) is 0 Å². The molecule has 0 saturated heterocycles. The lowest BCUT2D eigenvalue weighted by Gasteiger charge is -2.21. The average Bonchev–Trinajstić information content (AvgIpc) is 1.55. The van der Waals surface area contributed by atoms with Crippen LogP contribution in [0.4, 0.5) is 0 Å². The SMILES string of the molecule is Cc1nc(C)nc(-c2ccc3c(c2)c2ccccc2n3-c2cc(C#N)cc(-n3c4ccc(Cc5nc(C)nc(-c6ccc7c8ccccc8n(-c8cc(C#N)cc(-n9c%10ccccc%10c%10ccc(-c%11nc(C)nc(C)n%11)cc%109)c8-c8cccc(C#N)c8)c7c6)n5)cc4c4cc(-c5nc(C)nc(C)n5)ccc43)c2-c2cccc(C#N)c2)n1. The molecule has 0 radical (unpaired) electrons. The van der Waals surface area contributed by atoms with Crippen LogP contribution in [-0.2, 0) is 6.42 Å². The zero-order chi connectivity index (χ0) is 78.9. The van der Waals surface area contributed by atoms with Crippen molar-refractivity contribution in [3.63, 3.8) is 0 Å². The molecule has 0 amide bonds. The van der Waals surface area contributed by atoms with Crippen molar-refractivity contribution in [1.82, 2.24) is 78.1 Å². The summed E-state index contributed by atoms with van der Waals surface area (Å²) in [7, 11) is 0. The van der Waals surface area contributed by atoms with E-state index in [1.54, 1.807) is 12.1 Å². The Morgan fingerprint density at radius 3 is 0.948 bits per heavy atom. The van der Waals surface area contributed by atoms with E-state index in [1.807, 2.05) is 164 Å². The third kappa shape index (κ3) is 11.6. The van der Waals surface area contributed by atoms with Crippen molar-refractivity contribution in [3.8, 4) is 115 Å². The Bertz CT molecular complexity index is 7800. The Kier molecular flexibility index (Phi) is 16.1. The first kappa shape index (κ1) is 69.1. The Morgan fingerprint density at radius 2 is 0.543 bits per heavy atom. The van der Waals surface area contributed by atoms with Crippen molar-refractivity contribution in [2.45, 2.75) is 54.9 Å². The van der Waals surface area contributed by atoms with Crippen LogP contribution < -0.4 is 0 Å². The summed E-state index contributed by atoms with van der Waals surface area (Å²) in [4.78, 5) is 57.8. The molecule has 0 aliphatic carbocycles. The molecule has 0 N–H and O–H groups in total. The average molecular weight is 1500 g/mol. The van der Waals surface area contributed by atoms with Crippen LogP contribution in [0.3, 0.4) is 0 Å². The standard InChI is InChI=1S/C96H62N20/c1-52-101-53(2)106-93(105-52)66-29-34-82-76(44-66)72-22-10-13-25-80(72)113(82)86-39-62(50-99)40-87(91(86)64-18-14-16-60(36-64)48-97)114-81-33-26-59(38-75(81)77-45-67(30-35-83(77)114)94-107-54(3)102-55(4)108-94)43-90-104-58(7)111-96(112-90)69-28-32-74-71-21-9-12-24-79(71)116(85(74)47-69)89-42-63(51-100)41-88(92(89)65-19-15-17-61(37-65)49-98)115-78-23-11-8-20-70(78)73-31-27-68(46-84(73)115)95-109-56(5)103-57(6)110-95/h8-42,44-47H,43H2,1-7H3. The molecule has 0 bridgehead atoms. The number of benzene rings is 12. The van der Waals surface area contributed by atoms with Gasteiger partial charge in [-0.05, 0) is 193 Å². The van der Waals surface area contributed by atoms with Gasteiger partial charge in [-0.2, -0.15) is 21.0 Å². The van der Waals surface area contributed by atoms with E-state index in [2.05, 4.69) is 167 Å². The maximum Gasteiger partial charge on any atom is 0.163 e. The van der Waals surface area contributed by atoms with Gasteiger partial charge in [-0.15, -0.1) is 0 Å². The zero-order valence-electron chi connectivity index (χ0n) is 63.7. The van der Waals surface area contributed by atoms with Crippen LogP contribution in [0.15, 0.2) is 237 Å². The molecule has 20 heteroatoms. The minimum absolute atomic E-state index is 0.309. The molecule has 0 aliphatic rings. The fraction of sp³-hybridized carbons (Fsp3) is 0.0833. The highest BCUT2D eigenvalue weighted by Gasteiger charge is 2.29. The zero-order valence-corrected chi connectivity index (χ0v) is 63.7. The van der Waals surface area contributed by atoms with Crippen molar-refractivity contribution in [3.05, 3.63) is 311 Å². The number of rotatable bonds is 12. The highest BCUT2D eigenvalue weighted by atomic mass is 15.1. The highest BCUT2D eigenvalue weighted by molar-refractivity contribution is 6.16. The van der Waals surface area contributed by atoms with Gasteiger partial charge in [0, 0.05) is 82.9 Å². The number of nitriles is 4. The smallest absolute Gasteiger partial charge is 0.163 e. The van der Waals surface area contributed by atoms with Crippen molar-refractivity contribution in [2.24, 2.45) is 0 Å². The molecular formula is C96H62N20. The first-order chi connectivity index (χ1) is 56.6. The number of fused-ring (bicyclic) bond motifs is 12.